The molecule has 124 valence electrons. The van der Waals surface area contributed by atoms with Crippen molar-refractivity contribution in [2.24, 2.45) is 11.8 Å². The van der Waals surface area contributed by atoms with Crippen molar-refractivity contribution in [2.45, 2.75) is 65.5 Å². The highest BCUT2D eigenvalue weighted by molar-refractivity contribution is 5.80. The Labute approximate surface area is 130 Å². The molecule has 1 fully saturated rings. The van der Waals surface area contributed by atoms with Crippen molar-refractivity contribution in [2.75, 3.05) is 26.7 Å². The lowest BCUT2D eigenvalue weighted by molar-refractivity contribution is -0.150. The minimum Gasteiger partial charge on any atom is -0.465 e. The molecule has 1 aliphatic heterocycles. The number of hydrogen-bond donors (Lipinski definition) is 1. The van der Waals surface area contributed by atoms with Crippen LogP contribution in [0.2, 0.25) is 0 Å². The van der Waals surface area contributed by atoms with Crippen LogP contribution in [-0.4, -0.2) is 49.2 Å². The monoisotopic (exact) mass is 298 g/mol. The van der Waals surface area contributed by atoms with Crippen LogP contribution in [0.5, 0.6) is 0 Å². The Morgan fingerprint density at radius 2 is 2.05 bits per heavy atom. The molecule has 1 saturated heterocycles. The van der Waals surface area contributed by atoms with Gasteiger partial charge in [0.05, 0.1) is 6.61 Å². The maximum Gasteiger partial charge on any atom is 0.326 e. The van der Waals surface area contributed by atoms with Crippen molar-refractivity contribution >= 4 is 5.97 Å². The Morgan fingerprint density at radius 3 is 2.62 bits per heavy atom. The molecule has 0 aromatic heterocycles. The molecule has 0 saturated carbocycles. The maximum atomic E-state index is 12.0. The molecule has 0 spiro atoms. The highest BCUT2D eigenvalue weighted by Gasteiger charge is 2.33. The van der Waals surface area contributed by atoms with Gasteiger partial charge in [0.2, 0.25) is 0 Å². The molecule has 1 N–H and O–H groups in total. The van der Waals surface area contributed by atoms with E-state index in [9.17, 15) is 4.79 Å². The van der Waals surface area contributed by atoms with Crippen LogP contribution in [0.15, 0.2) is 0 Å². The van der Waals surface area contributed by atoms with Crippen molar-refractivity contribution in [3.63, 3.8) is 0 Å². The minimum absolute atomic E-state index is 0.138. The Balaban J connectivity index is 2.48. The van der Waals surface area contributed by atoms with Gasteiger partial charge in [-0.2, -0.15) is 0 Å². The predicted octanol–water partition coefficient (Wildman–Crippen LogP) is 2.67. The molecule has 1 heterocycles. The zero-order valence-electron chi connectivity index (χ0n) is 14.7. The van der Waals surface area contributed by atoms with Crippen LogP contribution in [0, 0.1) is 11.8 Å². The summed E-state index contributed by atoms with van der Waals surface area (Å²) in [7, 11) is 1.84. The van der Waals surface area contributed by atoms with E-state index in [2.05, 4.69) is 31.0 Å². The Hall–Kier alpha value is -0.610. The number of rotatable bonds is 7. The van der Waals surface area contributed by atoms with E-state index in [1.54, 1.807) is 0 Å². The molecule has 0 aromatic rings. The lowest BCUT2D eigenvalue weighted by atomic mass is 9.85. The first kappa shape index (κ1) is 18.4. The molecule has 4 unspecified atom stereocenters. The zero-order chi connectivity index (χ0) is 16.0. The molecule has 1 rings (SSSR count). The van der Waals surface area contributed by atoms with E-state index in [4.69, 9.17) is 4.74 Å². The summed E-state index contributed by atoms with van der Waals surface area (Å²) in [5.74, 6) is 1.40. The largest absolute Gasteiger partial charge is 0.465 e. The average molecular weight is 298 g/mol. The second kappa shape index (κ2) is 8.14. The first-order valence-corrected chi connectivity index (χ1v) is 8.44. The van der Waals surface area contributed by atoms with Gasteiger partial charge in [-0.25, -0.2) is 0 Å². The molecule has 1 aliphatic rings. The summed E-state index contributed by atoms with van der Waals surface area (Å²) in [6.07, 6.45) is 3.16. The molecule has 0 aliphatic carbocycles. The number of hydrogen-bond acceptors (Lipinski definition) is 4. The number of carbonyl (C=O) groups is 1. The fourth-order valence-corrected chi connectivity index (χ4v) is 3.38. The number of esters is 1. The highest BCUT2D eigenvalue weighted by Crippen LogP contribution is 2.27. The third-order valence-corrected chi connectivity index (χ3v) is 5.12. The summed E-state index contributed by atoms with van der Waals surface area (Å²) >= 11 is 0. The third kappa shape index (κ3) is 4.96. The van der Waals surface area contributed by atoms with E-state index in [0.29, 0.717) is 12.6 Å². The molecule has 0 radical (unpaired) electrons. The van der Waals surface area contributed by atoms with Crippen LogP contribution in [0.4, 0.5) is 0 Å². The lowest BCUT2D eigenvalue weighted by Crippen LogP contribution is -2.50. The molecular weight excluding hydrogens is 264 g/mol. The van der Waals surface area contributed by atoms with Crippen LogP contribution in [0.25, 0.3) is 0 Å². The standard InChI is InChI=1S/C17H34N2O2/c1-7-21-16(20)17(5,18-6)9-8-10-19-12-13(2)11-14(3)15(19)4/h13-15,18H,7-12H2,1-6H3. The van der Waals surface area contributed by atoms with E-state index in [1.165, 1.54) is 13.0 Å². The van der Waals surface area contributed by atoms with Crippen LogP contribution < -0.4 is 5.32 Å². The highest BCUT2D eigenvalue weighted by atomic mass is 16.5. The topological polar surface area (TPSA) is 41.6 Å². The number of likely N-dealkylation sites (tertiary alicyclic amines) is 1. The Kier molecular flexibility index (Phi) is 7.14. The molecule has 21 heavy (non-hydrogen) atoms. The first-order chi connectivity index (χ1) is 9.84. The van der Waals surface area contributed by atoms with Crippen LogP contribution >= 0.6 is 0 Å². The smallest absolute Gasteiger partial charge is 0.326 e. The van der Waals surface area contributed by atoms with Crippen LogP contribution in [-0.2, 0) is 9.53 Å². The van der Waals surface area contributed by atoms with E-state index in [-0.39, 0.29) is 5.97 Å². The lowest BCUT2D eigenvalue weighted by Gasteiger charge is -2.41. The van der Waals surface area contributed by atoms with Crippen molar-refractivity contribution in [1.29, 1.82) is 0 Å². The summed E-state index contributed by atoms with van der Waals surface area (Å²) in [5, 5.41) is 3.14. The number of likely N-dealkylation sites (N-methyl/N-ethyl adjacent to an activating group) is 1. The number of ether oxygens (including phenoxy) is 1. The van der Waals surface area contributed by atoms with Gasteiger partial charge in [-0.3, -0.25) is 4.79 Å². The van der Waals surface area contributed by atoms with E-state index in [1.807, 2.05) is 20.9 Å². The number of piperidine rings is 1. The summed E-state index contributed by atoms with van der Waals surface area (Å²) in [4.78, 5) is 14.6. The average Bonchev–Trinajstić information content (AvgIpc) is 2.44. The Bertz CT molecular complexity index is 335. The van der Waals surface area contributed by atoms with Gasteiger partial charge in [0.15, 0.2) is 0 Å². The Morgan fingerprint density at radius 1 is 1.38 bits per heavy atom. The molecule has 0 amide bonds. The fourth-order valence-electron chi connectivity index (χ4n) is 3.38. The van der Waals surface area contributed by atoms with Gasteiger partial charge in [-0.05, 0) is 65.5 Å². The van der Waals surface area contributed by atoms with Gasteiger partial charge < -0.3 is 15.0 Å². The molecule has 4 nitrogen and oxygen atoms in total. The minimum atomic E-state index is -0.563. The van der Waals surface area contributed by atoms with Gasteiger partial charge in [0, 0.05) is 12.6 Å². The third-order valence-electron chi connectivity index (χ3n) is 5.12. The number of nitrogens with zero attached hydrogens (tertiary/aromatic N) is 1. The first-order valence-electron chi connectivity index (χ1n) is 8.44. The van der Waals surface area contributed by atoms with Gasteiger partial charge in [-0.15, -0.1) is 0 Å². The summed E-state index contributed by atoms with van der Waals surface area (Å²) in [6, 6.07) is 0.643. The molecule has 0 aromatic carbocycles. The normalized spacial score (nSPS) is 29.9. The van der Waals surface area contributed by atoms with Crippen molar-refractivity contribution in [1.82, 2.24) is 10.2 Å². The molecule has 4 heteroatoms. The van der Waals surface area contributed by atoms with Crippen molar-refractivity contribution < 1.29 is 9.53 Å². The second-order valence-electron chi connectivity index (χ2n) is 6.96. The van der Waals surface area contributed by atoms with Crippen molar-refractivity contribution in [3.05, 3.63) is 0 Å². The van der Waals surface area contributed by atoms with Gasteiger partial charge in [0.25, 0.3) is 0 Å². The van der Waals surface area contributed by atoms with Gasteiger partial charge >= 0.3 is 5.97 Å². The predicted molar refractivity (Wildman–Crippen MR) is 87.3 cm³/mol. The molecule has 4 atom stereocenters. The molecular formula is C17H34N2O2. The maximum absolute atomic E-state index is 12.0. The van der Waals surface area contributed by atoms with E-state index in [0.717, 1.165) is 31.2 Å². The SMILES string of the molecule is CCOC(=O)C(C)(CCCN1CC(C)CC(C)C1C)NC. The summed E-state index contributed by atoms with van der Waals surface area (Å²) in [5.41, 5.74) is -0.563. The summed E-state index contributed by atoms with van der Waals surface area (Å²) < 4.78 is 5.18. The molecule has 0 bridgehead atoms. The second-order valence-corrected chi connectivity index (χ2v) is 6.96. The van der Waals surface area contributed by atoms with Gasteiger partial charge in [0.1, 0.15) is 5.54 Å². The summed E-state index contributed by atoms with van der Waals surface area (Å²) in [6.45, 7) is 13.5. The zero-order valence-corrected chi connectivity index (χ0v) is 14.7. The number of carbonyl (C=O) groups excluding carboxylic acids is 1. The van der Waals surface area contributed by atoms with Crippen LogP contribution in [0.1, 0.15) is 53.9 Å². The fraction of sp³-hybridized carbons (Fsp3) is 0.941. The van der Waals surface area contributed by atoms with Gasteiger partial charge in [-0.1, -0.05) is 13.8 Å². The number of nitrogens with one attached hydrogen (secondary N) is 1. The van der Waals surface area contributed by atoms with Crippen LogP contribution in [0.3, 0.4) is 0 Å². The quantitative estimate of drug-likeness (QED) is 0.734. The van der Waals surface area contributed by atoms with E-state index >= 15 is 0 Å². The van der Waals surface area contributed by atoms with Crippen molar-refractivity contribution in [3.8, 4) is 0 Å². The van der Waals surface area contributed by atoms with E-state index < -0.39 is 5.54 Å².